The molecule has 0 unspecified atom stereocenters. The van der Waals surface area contributed by atoms with Crippen molar-refractivity contribution < 1.29 is 14.3 Å². The zero-order chi connectivity index (χ0) is 17.8. The molecule has 0 N–H and O–H groups in total. The molecule has 2 aromatic carbocycles. The molecule has 1 heterocycles. The van der Waals surface area contributed by atoms with Crippen LogP contribution in [0.2, 0.25) is 0 Å². The molecular weight excluding hydrogens is 334 g/mol. The minimum Gasteiger partial charge on any atom is -0.496 e. The molecule has 5 heteroatoms. The summed E-state index contributed by atoms with van der Waals surface area (Å²) in [5, 5.41) is 0. The summed E-state index contributed by atoms with van der Waals surface area (Å²) in [5.74, 6) is -0.0715. The molecule has 1 aliphatic heterocycles. The van der Waals surface area contributed by atoms with Gasteiger partial charge in [-0.15, -0.1) is 6.58 Å². The lowest BCUT2D eigenvalue weighted by atomic mass is 10.1. The summed E-state index contributed by atoms with van der Waals surface area (Å²) in [6.07, 6.45) is 1.55. The second-order valence-corrected chi connectivity index (χ2v) is 6.41. The first-order valence-corrected chi connectivity index (χ1v) is 8.56. The molecule has 0 saturated heterocycles. The number of hydrogen-bond donors (Lipinski definition) is 0. The van der Waals surface area contributed by atoms with Crippen LogP contribution in [0.15, 0.2) is 77.1 Å². The van der Waals surface area contributed by atoms with Gasteiger partial charge < -0.3 is 4.74 Å². The number of ether oxygens (including phenoxy) is 1. The van der Waals surface area contributed by atoms with Gasteiger partial charge in [0.05, 0.1) is 17.6 Å². The number of amides is 2. The third-order valence-corrected chi connectivity index (χ3v) is 4.87. The van der Waals surface area contributed by atoms with Gasteiger partial charge in [0.1, 0.15) is 5.75 Å². The summed E-state index contributed by atoms with van der Waals surface area (Å²) < 4.78 is 5.39. The van der Waals surface area contributed by atoms with Gasteiger partial charge in [0, 0.05) is 17.0 Å². The Labute approximate surface area is 150 Å². The van der Waals surface area contributed by atoms with E-state index in [-0.39, 0.29) is 18.4 Å². The highest BCUT2D eigenvalue weighted by Gasteiger charge is 2.39. The number of hydrogen-bond acceptors (Lipinski definition) is 4. The Balaban J connectivity index is 2.14. The molecule has 2 amide bonds. The Morgan fingerprint density at radius 1 is 1.04 bits per heavy atom. The van der Waals surface area contributed by atoms with Gasteiger partial charge in [-0.1, -0.05) is 54.2 Å². The van der Waals surface area contributed by atoms with Crippen LogP contribution < -0.4 is 4.74 Å². The third kappa shape index (κ3) is 3.23. The Morgan fingerprint density at radius 2 is 1.72 bits per heavy atom. The van der Waals surface area contributed by atoms with Crippen molar-refractivity contribution in [2.24, 2.45) is 0 Å². The Kier molecular flexibility index (Phi) is 5.05. The zero-order valence-corrected chi connectivity index (χ0v) is 14.6. The van der Waals surface area contributed by atoms with Gasteiger partial charge in [-0.3, -0.25) is 14.5 Å². The number of imide groups is 1. The van der Waals surface area contributed by atoms with E-state index in [4.69, 9.17) is 4.74 Å². The van der Waals surface area contributed by atoms with E-state index in [1.54, 1.807) is 25.3 Å². The van der Waals surface area contributed by atoms with Crippen LogP contribution in [0.3, 0.4) is 0 Å². The van der Waals surface area contributed by atoms with Crippen LogP contribution in [0, 0.1) is 0 Å². The topological polar surface area (TPSA) is 46.6 Å². The molecule has 0 spiro atoms. The fourth-order valence-corrected chi connectivity index (χ4v) is 3.66. The van der Waals surface area contributed by atoms with Crippen LogP contribution in [0.25, 0.3) is 5.57 Å². The van der Waals surface area contributed by atoms with Crippen molar-refractivity contribution in [2.75, 3.05) is 13.7 Å². The number of thioether (sulfide) groups is 1. The van der Waals surface area contributed by atoms with Crippen molar-refractivity contribution in [3.8, 4) is 5.75 Å². The maximum absolute atomic E-state index is 12.9. The Morgan fingerprint density at radius 3 is 2.40 bits per heavy atom. The van der Waals surface area contributed by atoms with Crippen molar-refractivity contribution in [1.29, 1.82) is 0 Å². The predicted octanol–water partition coefficient (Wildman–Crippen LogP) is 3.75. The van der Waals surface area contributed by atoms with Crippen LogP contribution in [0.1, 0.15) is 5.56 Å². The summed E-state index contributed by atoms with van der Waals surface area (Å²) in [4.78, 5) is 28.2. The first kappa shape index (κ1) is 17.0. The van der Waals surface area contributed by atoms with Crippen molar-refractivity contribution in [3.05, 3.63) is 77.7 Å². The average Bonchev–Trinajstić information content (AvgIpc) is 2.87. The highest BCUT2D eigenvalue weighted by atomic mass is 32.2. The van der Waals surface area contributed by atoms with E-state index in [1.165, 1.54) is 16.7 Å². The van der Waals surface area contributed by atoms with Crippen LogP contribution in [-0.2, 0) is 9.59 Å². The second-order valence-electron chi connectivity index (χ2n) is 5.33. The van der Waals surface area contributed by atoms with Crippen LogP contribution in [0.5, 0.6) is 5.75 Å². The molecule has 25 heavy (non-hydrogen) atoms. The van der Waals surface area contributed by atoms with Crippen molar-refractivity contribution in [2.45, 2.75) is 4.90 Å². The lowest BCUT2D eigenvalue weighted by molar-refractivity contribution is -0.135. The smallest absolute Gasteiger partial charge is 0.268 e. The van der Waals surface area contributed by atoms with E-state index in [0.717, 1.165) is 4.90 Å². The largest absolute Gasteiger partial charge is 0.496 e. The quantitative estimate of drug-likeness (QED) is 0.587. The highest BCUT2D eigenvalue weighted by Crippen LogP contribution is 2.41. The minimum atomic E-state index is -0.326. The van der Waals surface area contributed by atoms with Gasteiger partial charge in [0.25, 0.3) is 11.8 Å². The fraction of sp³-hybridized carbons (Fsp3) is 0.100. The second kappa shape index (κ2) is 7.40. The Hall–Kier alpha value is -2.79. The Bertz CT molecular complexity index is 858. The number of rotatable bonds is 6. The lowest BCUT2D eigenvalue weighted by Crippen LogP contribution is -2.31. The monoisotopic (exact) mass is 351 g/mol. The molecule has 2 aromatic rings. The number of benzene rings is 2. The molecule has 0 bridgehead atoms. The number of carbonyl (C=O) groups is 2. The summed E-state index contributed by atoms with van der Waals surface area (Å²) >= 11 is 1.29. The van der Waals surface area contributed by atoms with Gasteiger partial charge in [-0.2, -0.15) is 0 Å². The van der Waals surface area contributed by atoms with Crippen LogP contribution in [0.4, 0.5) is 0 Å². The van der Waals surface area contributed by atoms with Crippen molar-refractivity contribution >= 4 is 29.1 Å². The van der Waals surface area contributed by atoms with Gasteiger partial charge in [0.2, 0.25) is 0 Å². The van der Waals surface area contributed by atoms with E-state index >= 15 is 0 Å². The molecule has 0 saturated carbocycles. The van der Waals surface area contributed by atoms with Gasteiger partial charge in [0.15, 0.2) is 0 Å². The maximum atomic E-state index is 12.9. The van der Waals surface area contributed by atoms with E-state index < -0.39 is 0 Å². The SMILES string of the molecule is C=CCN1C(=O)C(Sc2ccccc2)=C(c2ccccc2OC)C1=O. The van der Waals surface area contributed by atoms with Crippen LogP contribution in [-0.4, -0.2) is 30.4 Å². The van der Waals surface area contributed by atoms with Crippen molar-refractivity contribution in [1.82, 2.24) is 4.90 Å². The first-order chi connectivity index (χ1) is 12.2. The average molecular weight is 351 g/mol. The maximum Gasteiger partial charge on any atom is 0.268 e. The normalized spacial score (nSPS) is 14.2. The van der Waals surface area contributed by atoms with Crippen molar-refractivity contribution in [3.63, 3.8) is 0 Å². The fourth-order valence-electron chi connectivity index (χ4n) is 2.64. The molecule has 1 aliphatic rings. The van der Waals surface area contributed by atoms with Gasteiger partial charge >= 0.3 is 0 Å². The standard InChI is InChI=1S/C20H17NO3S/c1-3-13-21-19(22)17(15-11-7-8-12-16(15)24-2)18(20(21)23)25-14-9-5-4-6-10-14/h3-12H,1,13H2,2H3. The number of methoxy groups -OCH3 is 1. The van der Waals surface area contributed by atoms with E-state index in [9.17, 15) is 9.59 Å². The molecule has 4 nitrogen and oxygen atoms in total. The van der Waals surface area contributed by atoms with Gasteiger partial charge in [-0.25, -0.2) is 0 Å². The number of para-hydroxylation sites is 1. The van der Waals surface area contributed by atoms with E-state index in [1.807, 2.05) is 42.5 Å². The molecule has 126 valence electrons. The summed E-state index contributed by atoms with van der Waals surface area (Å²) in [7, 11) is 1.55. The zero-order valence-electron chi connectivity index (χ0n) is 13.8. The highest BCUT2D eigenvalue weighted by molar-refractivity contribution is 8.04. The minimum absolute atomic E-state index is 0.176. The molecular formula is C20H17NO3S. The number of carbonyl (C=O) groups excluding carboxylic acids is 2. The first-order valence-electron chi connectivity index (χ1n) is 7.75. The summed E-state index contributed by atoms with van der Waals surface area (Å²) in [5.41, 5.74) is 0.992. The molecule has 0 atom stereocenters. The summed E-state index contributed by atoms with van der Waals surface area (Å²) in [6, 6.07) is 16.7. The predicted molar refractivity (Wildman–Crippen MR) is 99.1 cm³/mol. The lowest BCUT2D eigenvalue weighted by Gasteiger charge is -2.12. The molecule has 0 radical (unpaired) electrons. The van der Waals surface area contributed by atoms with E-state index in [0.29, 0.717) is 21.8 Å². The number of nitrogens with zero attached hydrogens (tertiary/aromatic N) is 1. The van der Waals surface area contributed by atoms with E-state index in [2.05, 4.69) is 6.58 Å². The third-order valence-electron chi connectivity index (χ3n) is 3.78. The van der Waals surface area contributed by atoms with Crippen LogP contribution >= 0.6 is 11.8 Å². The molecule has 0 fully saturated rings. The molecule has 0 aromatic heterocycles. The summed E-state index contributed by atoms with van der Waals surface area (Å²) in [6.45, 7) is 3.81. The van der Waals surface area contributed by atoms with Gasteiger partial charge in [-0.05, 0) is 18.2 Å². The molecule has 0 aliphatic carbocycles. The molecule has 3 rings (SSSR count).